The van der Waals surface area contributed by atoms with Gasteiger partial charge in [-0.05, 0) is 25.1 Å². The van der Waals surface area contributed by atoms with Gasteiger partial charge in [0.25, 0.3) is 0 Å². The molecule has 0 heterocycles. The van der Waals surface area contributed by atoms with Crippen molar-refractivity contribution in [2.75, 3.05) is 37.8 Å². The maximum Gasteiger partial charge on any atom is 0.407 e. The average molecular weight is 352 g/mol. The van der Waals surface area contributed by atoms with Gasteiger partial charge in [0.1, 0.15) is 12.4 Å². The summed E-state index contributed by atoms with van der Waals surface area (Å²) in [7, 11) is 0. The van der Waals surface area contributed by atoms with E-state index in [1.807, 2.05) is 42.5 Å². The Labute approximate surface area is 147 Å². The first-order valence-electron chi connectivity index (χ1n) is 7.80. The lowest BCUT2D eigenvalue weighted by Crippen LogP contribution is -2.28. The lowest BCUT2D eigenvalue weighted by Gasteiger charge is -2.05. The maximum absolute atomic E-state index is 11.6. The van der Waals surface area contributed by atoms with Crippen LogP contribution < -0.4 is 15.4 Å². The van der Waals surface area contributed by atoms with Crippen molar-refractivity contribution in [3.8, 4) is 5.75 Å². The van der Waals surface area contributed by atoms with Crippen LogP contribution in [0.15, 0.2) is 42.5 Å². The smallest absolute Gasteiger partial charge is 0.407 e. The SMILES string of the molecule is CCOC(=O)NCCSCC(=O)NC/C=C\COc1ccccc1. The van der Waals surface area contributed by atoms with Crippen molar-refractivity contribution in [3.05, 3.63) is 42.5 Å². The van der Waals surface area contributed by atoms with Gasteiger partial charge in [0.05, 0.1) is 12.4 Å². The molecule has 0 fully saturated rings. The van der Waals surface area contributed by atoms with Crippen LogP contribution in [0.5, 0.6) is 5.75 Å². The Bertz CT molecular complexity index is 509. The number of nitrogens with one attached hydrogen (secondary N) is 2. The highest BCUT2D eigenvalue weighted by atomic mass is 32.2. The molecule has 132 valence electrons. The minimum atomic E-state index is -0.426. The van der Waals surface area contributed by atoms with Crippen molar-refractivity contribution >= 4 is 23.8 Å². The molecule has 0 aliphatic carbocycles. The van der Waals surface area contributed by atoms with Gasteiger partial charge in [-0.1, -0.05) is 24.3 Å². The first-order chi connectivity index (χ1) is 11.7. The molecule has 0 atom stereocenters. The first-order valence-corrected chi connectivity index (χ1v) is 8.95. The van der Waals surface area contributed by atoms with Crippen LogP contribution in [0, 0.1) is 0 Å². The van der Waals surface area contributed by atoms with Crippen molar-refractivity contribution in [1.82, 2.24) is 10.6 Å². The van der Waals surface area contributed by atoms with E-state index in [2.05, 4.69) is 10.6 Å². The zero-order valence-corrected chi connectivity index (χ0v) is 14.6. The molecule has 7 heteroatoms. The van der Waals surface area contributed by atoms with Crippen LogP contribution in [0.4, 0.5) is 4.79 Å². The van der Waals surface area contributed by atoms with Crippen molar-refractivity contribution < 1.29 is 19.1 Å². The van der Waals surface area contributed by atoms with Gasteiger partial charge in [0.15, 0.2) is 0 Å². The molecule has 0 aliphatic heterocycles. The molecule has 24 heavy (non-hydrogen) atoms. The van der Waals surface area contributed by atoms with Crippen LogP contribution in [-0.2, 0) is 9.53 Å². The fourth-order valence-corrected chi connectivity index (χ4v) is 2.29. The fraction of sp³-hybridized carbons (Fsp3) is 0.412. The van der Waals surface area contributed by atoms with Crippen LogP contribution in [0.25, 0.3) is 0 Å². The zero-order chi connectivity index (χ0) is 17.5. The van der Waals surface area contributed by atoms with Crippen molar-refractivity contribution in [2.45, 2.75) is 6.92 Å². The standard InChI is InChI=1S/C17H24N2O4S/c1-2-22-17(21)19-11-13-24-14-16(20)18-10-6-7-12-23-15-8-4-3-5-9-15/h3-9H,2,10-14H2,1H3,(H,18,20)(H,19,21)/b7-6-. The topological polar surface area (TPSA) is 76.7 Å². The number of carbonyl (C=O) groups is 2. The van der Waals surface area contributed by atoms with E-state index in [1.54, 1.807) is 6.92 Å². The third-order valence-corrected chi connectivity index (χ3v) is 3.66. The van der Waals surface area contributed by atoms with Crippen LogP contribution in [0.3, 0.4) is 0 Å². The summed E-state index contributed by atoms with van der Waals surface area (Å²) in [6.07, 6.45) is 3.29. The number of hydrogen-bond donors (Lipinski definition) is 2. The second-order valence-corrected chi connectivity index (χ2v) is 5.70. The minimum absolute atomic E-state index is 0.0373. The van der Waals surface area contributed by atoms with Crippen LogP contribution in [-0.4, -0.2) is 49.8 Å². The summed E-state index contributed by atoms with van der Waals surface area (Å²) in [5.74, 6) is 1.80. The Morgan fingerprint density at radius 1 is 1.17 bits per heavy atom. The van der Waals surface area contributed by atoms with Gasteiger partial charge in [-0.25, -0.2) is 4.79 Å². The summed E-state index contributed by atoms with van der Waals surface area (Å²) in [5, 5.41) is 5.39. The highest BCUT2D eigenvalue weighted by molar-refractivity contribution is 7.99. The second-order valence-electron chi connectivity index (χ2n) is 4.60. The van der Waals surface area contributed by atoms with Gasteiger partial charge in [0.2, 0.25) is 5.91 Å². The van der Waals surface area contributed by atoms with Gasteiger partial charge in [0, 0.05) is 18.8 Å². The average Bonchev–Trinajstić information content (AvgIpc) is 2.59. The highest BCUT2D eigenvalue weighted by Crippen LogP contribution is 2.07. The molecule has 1 rings (SSSR count). The maximum atomic E-state index is 11.6. The Morgan fingerprint density at radius 3 is 2.71 bits per heavy atom. The van der Waals surface area contributed by atoms with E-state index in [0.29, 0.717) is 37.8 Å². The highest BCUT2D eigenvalue weighted by Gasteiger charge is 2.01. The number of rotatable bonds is 11. The molecule has 0 unspecified atom stereocenters. The molecule has 0 bridgehead atoms. The van der Waals surface area contributed by atoms with Crippen molar-refractivity contribution in [2.24, 2.45) is 0 Å². The van der Waals surface area contributed by atoms with Crippen LogP contribution >= 0.6 is 11.8 Å². The number of ether oxygens (including phenoxy) is 2. The summed E-state index contributed by atoms with van der Waals surface area (Å²) in [6.45, 7) is 3.52. The summed E-state index contributed by atoms with van der Waals surface area (Å²) < 4.78 is 10.2. The lowest BCUT2D eigenvalue weighted by atomic mass is 10.3. The molecule has 0 spiro atoms. The summed E-state index contributed by atoms with van der Waals surface area (Å²) in [5.41, 5.74) is 0. The molecule has 0 aromatic heterocycles. The van der Waals surface area contributed by atoms with E-state index < -0.39 is 6.09 Å². The van der Waals surface area contributed by atoms with Gasteiger partial charge >= 0.3 is 6.09 Å². The number of carbonyl (C=O) groups excluding carboxylic acids is 2. The number of thioether (sulfide) groups is 1. The van der Waals surface area contributed by atoms with E-state index in [4.69, 9.17) is 9.47 Å². The minimum Gasteiger partial charge on any atom is -0.490 e. The largest absolute Gasteiger partial charge is 0.490 e. The number of amides is 2. The lowest BCUT2D eigenvalue weighted by molar-refractivity contribution is -0.118. The quantitative estimate of drug-likeness (QED) is 0.472. The molecule has 1 aromatic rings. The number of hydrogen-bond acceptors (Lipinski definition) is 5. The number of para-hydroxylation sites is 1. The molecule has 0 radical (unpaired) electrons. The number of alkyl carbamates (subject to hydrolysis) is 1. The second kappa shape index (κ2) is 13.3. The monoisotopic (exact) mass is 352 g/mol. The van der Waals surface area contributed by atoms with Crippen LogP contribution in [0.2, 0.25) is 0 Å². The Hall–Kier alpha value is -2.15. The molecule has 2 N–H and O–H groups in total. The first kappa shape index (κ1) is 19.9. The summed E-state index contributed by atoms with van der Waals surface area (Å²) in [6, 6.07) is 9.55. The Balaban J connectivity index is 1.96. The van der Waals surface area contributed by atoms with Crippen LogP contribution in [0.1, 0.15) is 6.92 Å². The predicted molar refractivity (Wildman–Crippen MR) is 96.4 cm³/mol. The Kier molecular flexibility index (Phi) is 11.0. The van der Waals surface area contributed by atoms with Gasteiger partial charge in [-0.2, -0.15) is 11.8 Å². The molecule has 0 aliphatic rings. The van der Waals surface area contributed by atoms with E-state index in [9.17, 15) is 9.59 Å². The molecular weight excluding hydrogens is 328 g/mol. The van der Waals surface area contributed by atoms with E-state index >= 15 is 0 Å². The summed E-state index contributed by atoms with van der Waals surface area (Å²) >= 11 is 1.46. The number of benzene rings is 1. The fourth-order valence-electron chi connectivity index (χ4n) is 1.61. The zero-order valence-electron chi connectivity index (χ0n) is 13.8. The molecule has 2 amide bonds. The predicted octanol–water partition coefficient (Wildman–Crippen LogP) is 2.22. The van der Waals surface area contributed by atoms with Gasteiger partial charge < -0.3 is 20.1 Å². The normalized spacial score (nSPS) is 10.4. The molecule has 0 saturated heterocycles. The third kappa shape index (κ3) is 10.6. The summed E-state index contributed by atoms with van der Waals surface area (Å²) in [4.78, 5) is 22.6. The van der Waals surface area contributed by atoms with Crippen molar-refractivity contribution in [3.63, 3.8) is 0 Å². The molecule has 1 aromatic carbocycles. The molecular formula is C17H24N2O4S. The van der Waals surface area contributed by atoms with Gasteiger partial charge in [-0.15, -0.1) is 0 Å². The van der Waals surface area contributed by atoms with Crippen molar-refractivity contribution in [1.29, 1.82) is 0 Å². The van der Waals surface area contributed by atoms with Gasteiger partial charge in [-0.3, -0.25) is 4.79 Å². The third-order valence-electron chi connectivity index (χ3n) is 2.70. The van der Waals surface area contributed by atoms with E-state index in [-0.39, 0.29) is 5.91 Å². The molecule has 0 saturated carbocycles. The van der Waals surface area contributed by atoms with E-state index in [1.165, 1.54) is 11.8 Å². The van der Waals surface area contributed by atoms with E-state index in [0.717, 1.165) is 5.75 Å². The molecule has 6 nitrogen and oxygen atoms in total. The Morgan fingerprint density at radius 2 is 1.96 bits per heavy atom.